The molecule has 0 unspecified atom stereocenters. The minimum absolute atomic E-state index is 0.185. The van der Waals surface area contributed by atoms with Gasteiger partial charge in [0.15, 0.2) is 4.93 Å². The summed E-state index contributed by atoms with van der Waals surface area (Å²) in [6.45, 7) is 6.28. The summed E-state index contributed by atoms with van der Waals surface area (Å²) in [6, 6.07) is 7.95. The fraction of sp³-hybridized carbons (Fsp3) is 0.600. The molecule has 0 N–H and O–H groups in total. The Bertz CT molecular complexity index is 427. The Hall–Kier alpha value is -0.670. The predicted octanol–water partition coefficient (Wildman–Crippen LogP) is 3.80. The van der Waals surface area contributed by atoms with Crippen molar-refractivity contribution in [2.75, 3.05) is 0 Å². The molecule has 2 rings (SSSR count). The predicted molar refractivity (Wildman–Crippen MR) is 75.0 cm³/mol. The maximum atomic E-state index is 12.6. The number of benzene rings is 1. The molecule has 0 saturated carbocycles. The Morgan fingerprint density at radius 2 is 1.94 bits per heavy atom. The second kappa shape index (κ2) is 5.54. The largest absolute Gasteiger partial charge is 0.351 e. The van der Waals surface area contributed by atoms with Crippen LogP contribution in [-0.2, 0) is 15.5 Å². The van der Waals surface area contributed by atoms with E-state index in [4.69, 9.17) is 4.74 Å². The molecule has 100 valence electrons. The summed E-state index contributed by atoms with van der Waals surface area (Å²) < 4.78 is 18.4. The van der Waals surface area contributed by atoms with E-state index >= 15 is 0 Å². The first-order valence-corrected chi connectivity index (χ1v) is 7.95. The SMILES string of the molecule is CCCC[C@H]1O[C@]1(CC)[S@](=O)c1ccc(C)cc1. The van der Waals surface area contributed by atoms with Gasteiger partial charge in [0.1, 0.15) is 6.10 Å². The molecule has 0 aromatic heterocycles. The highest BCUT2D eigenvalue weighted by Gasteiger charge is 2.59. The molecular weight excluding hydrogens is 244 g/mol. The third kappa shape index (κ3) is 2.52. The number of unbranched alkanes of at least 4 members (excludes halogenated alkanes) is 1. The van der Waals surface area contributed by atoms with E-state index in [0.29, 0.717) is 0 Å². The van der Waals surface area contributed by atoms with Crippen molar-refractivity contribution in [2.45, 2.75) is 62.4 Å². The summed E-state index contributed by atoms with van der Waals surface area (Å²) in [6.07, 6.45) is 4.35. The van der Waals surface area contributed by atoms with Crippen molar-refractivity contribution < 1.29 is 8.95 Å². The number of aryl methyl sites for hydroxylation is 1. The van der Waals surface area contributed by atoms with E-state index in [-0.39, 0.29) is 6.10 Å². The smallest absolute Gasteiger partial charge is 0.173 e. The highest BCUT2D eigenvalue weighted by atomic mass is 32.2. The van der Waals surface area contributed by atoms with Crippen LogP contribution >= 0.6 is 0 Å². The summed E-state index contributed by atoms with van der Waals surface area (Å²) in [7, 11) is -1.05. The van der Waals surface area contributed by atoms with Crippen molar-refractivity contribution in [1.29, 1.82) is 0 Å². The number of ether oxygens (including phenoxy) is 1. The van der Waals surface area contributed by atoms with Gasteiger partial charge in [-0.25, -0.2) is 0 Å². The molecule has 3 atom stereocenters. The van der Waals surface area contributed by atoms with Gasteiger partial charge in [-0.3, -0.25) is 4.21 Å². The van der Waals surface area contributed by atoms with Crippen LogP contribution in [0.15, 0.2) is 29.2 Å². The monoisotopic (exact) mass is 266 g/mol. The summed E-state index contributed by atoms with van der Waals surface area (Å²) >= 11 is 0. The standard InChI is InChI=1S/C15H22O2S/c1-4-6-7-14-15(5-2,17-14)18(16)13-10-8-12(3)9-11-13/h8-11,14H,4-7H2,1-3H3/t14-,15-,18-/m1/s1. The van der Waals surface area contributed by atoms with Crippen LogP contribution in [0.5, 0.6) is 0 Å². The molecule has 1 heterocycles. The summed E-state index contributed by atoms with van der Waals surface area (Å²) in [4.78, 5) is 0.478. The van der Waals surface area contributed by atoms with Crippen molar-refractivity contribution >= 4 is 10.8 Å². The van der Waals surface area contributed by atoms with E-state index in [1.165, 1.54) is 5.56 Å². The Kier molecular flexibility index (Phi) is 4.23. The summed E-state index contributed by atoms with van der Waals surface area (Å²) in [5, 5.41) is 0. The minimum atomic E-state index is -1.05. The number of rotatable bonds is 6. The van der Waals surface area contributed by atoms with E-state index in [2.05, 4.69) is 13.8 Å². The van der Waals surface area contributed by atoms with Gasteiger partial charge < -0.3 is 4.74 Å². The fourth-order valence-corrected chi connectivity index (χ4v) is 3.95. The molecule has 0 radical (unpaired) electrons. The Labute approximate surface area is 112 Å². The molecule has 1 saturated heterocycles. The first-order chi connectivity index (χ1) is 8.64. The first kappa shape index (κ1) is 13.8. The van der Waals surface area contributed by atoms with Gasteiger partial charge in [0.2, 0.25) is 0 Å². The molecule has 1 aliphatic rings. The van der Waals surface area contributed by atoms with Crippen molar-refractivity contribution in [1.82, 2.24) is 0 Å². The zero-order chi connectivity index (χ0) is 13.2. The first-order valence-electron chi connectivity index (χ1n) is 6.80. The molecular formula is C15H22O2S. The van der Waals surface area contributed by atoms with E-state index in [9.17, 15) is 4.21 Å². The van der Waals surface area contributed by atoms with E-state index in [1.54, 1.807) is 0 Å². The van der Waals surface area contributed by atoms with Gasteiger partial charge >= 0.3 is 0 Å². The maximum absolute atomic E-state index is 12.6. The van der Waals surface area contributed by atoms with Crippen LogP contribution in [0.1, 0.15) is 45.1 Å². The molecule has 1 fully saturated rings. The van der Waals surface area contributed by atoms with Crippen LogP contribution in [0, 0.1) is 6.92 Å². The molecule has 0 spiro atoms. The molecule has 1 aromatic carbocycles. The Morgan fingerprint density at radius 3 is 2.50 bits per heavy atom. The average molecular weight is 266 g/mol. The van der Waals surface area contributed by atoms with Gasteiger partial charge in [0.25, 0.3) is 0 Å². The molecule has 0 aliphatic carbocycles. The van der Waals surface area contributed by atoms with E-state index in [0.717, 1.165) is 30.6 Å². The molecule has 1 aromatic rings. The van der Waals surface area contributed by atoms with Crippen LogP contribution in [-0.4, -0.2) is 15.2 Å². The van der Waals surface area contributed by atoms with Gasteiger partial charge in [0, 0.05) is 4.90 Å². The lowest BCUT2D eigenvalue weighted by Crippen LogP contribution is -2.21. The lowest BCUT2D eigenvalue weighted by Gasteiger charge is -2.10. The second-order valence-corrected chi connectivity index (χ2v) is 6.70. The number of epoxide rings is 1. The zero-order valence-electron chi connectivity index (χ0n) is 11.4. The summed E-state index contributed by atoms with van der Waals surface area (Å²) in [5.74, 6) is 0. The quantitative estimate of drug-likeness (QED) is 0.733. The molecule has 2 nitrogen and oxygen atoms in total. The lowest BCUT2D eigenvalue weighted by atomic mass is 10.1. The van der Waals surface area contributed by atoms with Crippen molar-refractivity contribution in [3.8, 4) is 0 Å². The molecule has 3 heteroatoms. The van der Waals surface area contributed by atoms with Crippen LogP contribution in [0.3, 0.4) is 0 Å². The lowest BCUT2D eigenvalue weighted by molar-refractivity contribution is 0.338. The fourth-order valence-electron chi connectivity index (χ4n) is 2.34. The second-order valence-electron chi connectivity index (χ2n) is 5.00. The van der Waals surface area contributed by atoms with Crippen LogP contribution in [0.2, 0.25) is 0 Å². The minimum Gasteiger partial charge on any atom is -0.351 e. The van der Waals surface area contributed by atoms with Crippen molar-refractivity contribution in [2.24, 2.45) is 0 Å². The third-order valence-corrected chi connectivity index (χ3v) is 5.61. The Morgan fingerprint density at radius 1 is 1.28 bits per heavy atom. The van der Waals surface area contributed by atoms with Gasteiger partial charge in [-0.05, 0) is 31.9 Å². The van der Waals surface area contributed by atoms with E-state index in [1.807, 2.05) is 31.2 Å². The van der Waals surface area contributed by atoms with E-state index < -0.39 is 15.7 Å². The van der Waals surface area contributed by atoms with Crippen LogP contribution in [0.4, 0.5) is 0 Å². The van der Waals surface area contributed by atoms with Gasteiger partial charge in [-0.2, -0.15) is 0 Å². The average Bonchev–Trinajstić information content (AvgIpc) is 3.11. The van der Waals surface area contributed by atoms with Crippen LogP contribution < -0.4 is 0 Å². The highest BCUT2D eigenvalue weighted by molar-refractivity contribution is 7.86. The highest BCUT2D eigenvalue weighted by Crippen LogP contribution is 2.47. The van der Waals surface area contributed by atoms with Gasteiger partial charge in [0.05, 0.1) is 10.8 Å². The maximum Gasteiger partial charge on any atom is 0.173 e. The zero-order valence-corrected chi connectivity index (χ0v) is 12.3. The van der Waals surface area contributed by atoms with Crippen LogP contribution in [0.25, 0.3) is 0 Å². The van der Waals surface area contributed by atoms with Crippen molar-refractivity contribution in [3.63, 3.8) is 0 Å². The van der Waals surface area contributed by atoms with Gasteiger partial charge in [-0.1, -0.05) is 44.4 Å². The van der Waals surface area contributed by atoms with Gasteiger partial charge in [-0.15, -0.1) is 0 Å². The molecule has 0 bridgehead atoms. The normalized spacial score (nSPS) is 28.1. The molecule has 1 aliphatic heterocycles. The van der Waals surface area contributed by atoms with Crippen molar-refractivity contribution in [3.05, 3.63) is 29.8 Å². The summed E-state index contributed by atoms with van der Waals surface area (Å²) in [5.41, 5.74) is 1.19. The third-order valence-electron chi connectivity index (χ3n) is 3.64. The topological polar surface area (TPSA) is 29.6 Å². The molecule has 18 heavy (non-hydrogen) atoms. The Balaban J connectivity index is 2.10. The number of hydrogen-bond acceptors (Lipinski definition) is 2. The molecule has 0 amide bonds. The number of hydrogen-bond donors (Lipinski definition) is 0.